The normalized spacial score (nSPS) is 11.0. The highest BCUT2D eigenvalue weighted by Gasteiger charge is 2.18. The first kappa shape index (κ1) is 17.5. The van der Waals surface area contributed by atoms with Gasteiger partial charge in [0.25, 0.3) is 5.56 Å². The van der Waals surface area contributed by atoms with Crippen LogP contribution in [0.5, 0.6) is 0 Å². The minimum atomic E-state index is -0.473. The van der Waals surface area contributed by atoms with Crippen molar-refractivity contribution in [2.75, 3.05) is 5.32 Å². The van der Waals surface area contributed by atoms with Crippen LogP contribution in [0.25, 0.3) is 20.8 Å². The molecule has 27 heavy (non-hydrogen) atoms. The number of thiazole rings is 1. The number of halogens is 1. The van der Waals surface area contributed by atoms with E-state index in [0.29, 0.717) is 21.6 Å². The largest absolute Gasteiger partial charge is 0.324 e. The topological polar surface area (TPSA) is 76.9 Å². The van der Waals surface area contributed by atoms with Crippen LogP contribution in [0.1, 0.15) is 5.01 Å². The maximum absolute atomic E-state index is 13.3. The van der Waals surface area contributed by atoms with Gasteiger partial charge < -0.3 is 5.32 Å². The summed E-state index contributed by atoms with van der Waals surface area (Å²) in [7, 11) is 0. The fourth-order valence-corrected chi connectivity index (χ4v) is 4.34. The maximum Gasteiger partial charge on any atom is 0.294 e. The summed E-state index contributed by atoms with van der Waals surface area (Å²) in [6.07, 6.45) is 0. The van der Waals surface area contributed by atoms with Gasteiger partial charge in [-0.3, -0.25) is 9.59 Å². The van der Waals surface area contributed by atoms with Crippen molar-refractivity contribution < 1.29 is 9.18 Å². The number of amides is 1. The molecular weight excluding hydrogens is 387 g/mol. The van der Waals surface area contributed by atoms with Gasteiger partial charge in [-0.25, -0.2) is 14.1 Å². The third kappa shape index (κ3) is 3.51. The Kier molecular flexibility index (Phi) is 4.54. The molecule has 3 aromatic heterocycles. The number of aryl methyl sites for hydroxylation is 1. The van der Waals surface area contributed by atoms with Crippen molar-refractivity contribution in [1.82, 2.24) is 14.8 Å². The number of carbonyl (C=O) groups is 1. The molecule has 0 saturated heterocycles. The molecule has 0 radical (unpaired) electrons. The van der Waals surface area contributed by atoms with Crippen LogP contribution in [-0.2, 0) is 11.3 Å². The van der Waals surface area contributed by atoms with E-state index in [-0.39, 0.29) is 6.54 Å². The summed E-state index contributed by atoms with van der Waals surface area (Å²) in [5.41, 5.74) is 0.819. The quantitative estimate of drug-likeness (QED) is 0.567. The molecule has 0 unspecified atom stereocenters. The lowest BCUT2D eigenvalue weighted by Gasteiger charge is -2.08. The second kappa shape index (κ2) is 7.01. The molecule has 0 bridgehead atoms. The first-order chi connectivity index (χ1) is 13.0. The van der Waals surface area contributed by atoms with Gasteiger partial charge in [-0.05, 0) is 36.6 Å². The number of anilines is 1. The van der Waals surface area contributed by atoms with Crippen molar-refractivity contribution in [3.63, 3.8) is 0 Å². The summed E-state index contributed by atoms with van der Waals surface area (Å²) in [5.74, 6) is -0.930. The first-order valence-corrected chi connectivity index (χ1v) is 9.68. The smallest absolute Gasteiger partial charge is 0.294 e. The molecule has 0 fully saturated rings. The Hall–Kier alpha value is -2.91. The summed E-state index contributed by atoms with van der Waals surface area (Å²) in [6.45, 7) is 1.53. The highest BCUT2D eigenvalue weighted by Crippen LogP contribution is 2.31. The molecule has 4 rings (SSSR count). The van der Waals surface area contributed by atoms with Crippen LogP contribution in [0.3, 0.4) is 0 Å². The molecule has 0 aliphatic rings. The molecule has 1 aromatic carbocycles. The van der Waals surface area contributed by atoms with Gasteiger partial charge in [0.05, 0.1) is 14.6 Å². The molecular formula is C18H13FN4O2S2. The van der Waals surface area contributed by atoms with E-state index in [1.165, 1.54) is 40.9 Å². The lowest BCUT2D eigenvalue weighted by Crippen LogP contribution is -2.30. The fourth-order valence-electron chi connectivity index (χ4n) is 2.65. The lowest BCUT2D eigenvalue weighted by molar-refractivity contribution is -0.117. The third-order valence-electron chi connectivity index (χ3n) is 3.76. The third-order valence-corrected chi connectivity index (χ3v) is 5.62. The van der Waals surface area contributed by atoms with Crippen LogP contribution in [0, 0.1) is 12.7 Å². The summed E-state index contributed by atoms with van der Waals surface area (Å²) in [4.78, 5) is 30.3. The number of nitrogens with one attached hydrogen (secondary N) is 1. The molecule has 136 valence electrons. The average molecular weight is 400 g/mol. The zero-order valence-corrected chi connectivity index (χ0v) is 15.7. The Morgan fingerprint density at radius 3 is 2.89 bits per heavy atom. The Labute approximate surface area is 160 Å². The average Bonchev–Trinajstić information content (AvgIpc) is 3.27. The van der Waals surface area contributed by atoms with Gasteiger partial charge in [0, 0.05) is 5.69 Å². The summed E-state index contributed by atoms with van der Waals surface area (Å²) >= 11 is 2.90. The molecule has 0 atom stereocenters. The summed E-state index contributed by atoms with van der Waals surface area (Å²) in [5, 5.41) is 9.65. The van der Waals surface area contributed by atoms with Crippen LogP contribution in [0.4, 0.5) is 10.1 Å². The highest BCUT2D eigenvalue weighted by molar-refractivity contribution is 7.20. The number of hydrogen-bond acceptors (Lipinski definition) is 6. The van der Waals surface area contributed by atoms with Crippen LogP contribution in [0.15, 0.2) is 46.6 Å². The molecule has 1 amide bonds. The summed E-state index contributed by atoms with van der Waals surface area (Å²) < 4.78 is 15.1. The number of thiophene rings is 1. The molecule has 0 aliphatic carbocycles. The van der Waals surface area contributed by atoms with Crippen LogP contribution < -0.4 is 10.9 Å². The van der Waals surface area contributed by atoms with Crippen molar-refractivity contribution >= 4 is 44.5 Å². The number of fused-ring (bicyclic) bond motifs is 1. The van der Waals surface area contributed by atoms with E-state index in [0.717, 1.165) is 14.6 Å². The first-order valence-electron chi connectivity index (χ1n) is 7.99. The van der Waals surface area contributed by atoms with Gasteiger partial charge in [0.15, 0.2) is 5.52 Å². The zero-order valence-electron chi connectivity index (χ0n) is 14.1. The number of nitrogens with zero attached hydrogens (tertiary/aromatic N) is 3. The van der Waals surface area contributed by atoms with Crippen molar-refractivity contribution in [3.8, 4) is 10.6 Å². The summed E-state index contributed by atoms with van der Waals surface area (Å²) in [6, 6.07) is 9.36. The number of hydrogen-bond donors (Lipinski definition) is 1. The van der Waals surface area contributed by atoms with Gasteiger partial charge in [-0.2, -0.15) is 5.10 Å². The van der Waals surface area contributed by atoms with Gasteiger partial charge in [0.1, 0.15) is 18.1 Å². The Balaban J connectivity index is 1.72. The zero-order chi connectivity index (χ0) is 19.0. The van der Waals surface area contributed by atoms with Crippen molar-refractivity contribution in [2.24, 2.45) is 0 Å². The molecule has 6 nitrogen and oxygen atoms in total. The number of carbonyl (C=O) groups excluding carboxylic acids is 1. The fraction of sp³-hybridized carbons (Fsp3) is 0.111. The van der Waals surface area contributed by atoms with Gasteiger partial charge in [-0.1, -0.05) is 12.1 Å². The van der Waals surface area contributed by atoms with Gasteiger partial charge in [0.2, 0.25) is 5.91 Å². The molecule has 0 saturated carbocycles. The van der Waals surface area contributed by atoms with E-state index in [2.05, 4.69) is 15.4 Å². The van der Waals surface area contributed by atoms with Gasteiger partial charge >= 0.3 is 0 Å². The van der Waals surface area contributed by atoms with E-state index in [1.54, 1.807) is 6.07 Å². The molecule has 1 N–H and O–H groups in total. The molecule has 4 aromatic rings. The predicted molar refractivity (Wildman–Crippen MR) is 105 cm³/mol. The van der Waals surface area contributed by atoms with Crippen molar-refractivity contribution in [2.45, 2.75) is 13.5 Å². The Morgan fingerprint density at radius 2 is 2.15 bits per heavy atom. The van der Waals surface area contributed by atoms with Crippen molar-refractivity contribution in [1.29, 1.82) is 0 Å². The molecule has 0 spiro atoms. The van der Waals surface area contributed by atoms with E-state index >= 15 is 0 Å². The van der Waals surface area contributed by atoms with Crippen LogP contribution >= 0.6 is 22.7 Å². The van der Waals surface area contributed by atoms with Gasteiger partial charge in [-0.15, -0.1) is 22.7 Å². The van der Waals surface area contributed by atoms with E-state index in [9.17, 15) is 14.0 Å². The van der Waals surface area contributed by atoms with E-state index in [4.69, 9.17) is 0 Å². The standard InChI is InChI=1S/C18H13FN4O2S2/c1-10-20-16-17(27-10)15(13-6-3-7-26-13)22-23(18(16)25)9-14(24)21-12-5-2-4-11(19)8-12/h2-8H,9H2,1H3,(H,21,24). The predicted octanol–water partition coefficient (Wildman–Crippen LogP) is 3.67. The van der Waals surface area contributed by atoms with Crippen LogP contribution in [0.2, 0.25) is 0 Å². The Morgan fingerprint density at radius 1 is 1.30 bits per heavy atom. The Bertz CT molecular complexity index is 1200. The van der Waals surface area contributed by atoms with Crippen LogP contribution in [-0.4, -0.2) is 20.7 Å². The molecule has 3 heterocycles. The number of aromatic nitrogens is 3. The SMILES string of the molecule is Cc1nc2c(=O)n(CC(=O)Nc3cccc(F)c3)nc(-c3cccs3)c2s1. The maximum atomic E-state index is 13.3. The minimum Gasteiger partial charge on any atom is -0.324 e. The lowest BCUT2D eigenvalue weighted by atomic mass is 10.3. The molecule has 0 aliphatic heterocycles. The molecule has 9 heteroatoms. The monoisotopic (exact) mass is 400 g/mol. The second-order valence-electron chi connectivity index (χ2n) is 5.76. The highest BCUT2D eigenvalue weighted by atomic mass is 32.1. The van der Waals surface area contributed by atoms with E-state index in [1.807, 2.05) is 24.4 Å². The minimum absolute atomic E-state index is 0.291. The number of benzene rings is 1. The van der Waals surface area contributed by atoms with Crippen molar-refractivity contribution in [3.05, 3.63) is 63.0 Å². The van der Waals surface area contributed by atoms with E-state index < -0.39 is 17.3 Å². The second-order valence-corrected chi connectivity index (χ2v) is 7.91. The number of rotatable bonds is 4.